The molecular formula is C16H24N2O3. The zero-order chi connectivity index (χ0) is 15.2. The molecule has 21 heavy (non-hydrogen) atoms. The monoisotopic (exact) mass is 292 g/mol. The van der Waals surface area contributed by atoms with Gasteiger partial charge in [0.1, 0.15) is 18.5 Å². The van der Waals surface area contributed by atoms with Crippen molar-refractivity contribution in [2.24, 2.45) is 0 Å². The maximum absolute atomic E-state index is 12.0. The van der Waals surface area contributed by atoms with E-state index in [4.69, 9.17) is 9.47 Å². The number of morpholine rings is 1. The van der Waals surface area contributed by atoms with Crippen LogP contribution in [0.1, 0.15) is 18.1 Å². The van der Waals surface area contributed by atoms with Crippen molar-refractivity contribution in [1.82, 2.24) is 10.6 Å². The molecule has 1 aromatic rings. The molecule has 2 atom stereocenters. The van der Waals surface area contributed by atoms with Crippen molar-refractivity contribution in [3.63, 3.8) is 0 Å². The number of nitrogens with one attached hydrogen (secondary N) is 2. The number of hydrogen-bond donors (Lipinski definition) is 2. The number of rotatable bonds is 5. The highest BCUT2D eigenvalue weighted by molar-refractivity contribution is 5.81. The second-order valence-corrected chi connectivity index (χ2v) is 5.51. The van der Waals surface area contributed by atoms with E-state index >= 15 is 0 Å². The number of carbonyl (C=O) groups is 1. The molecule has 1 aliphatic heterocycles. The van der Waals surface area contributed by atoms with Crippen LogP contribution in [-0.2, 0) is 9.53 Å². The van der Waals surface area contributed by atoms with Crippen molar-refractivity contribution in [2.75, 3.05) is 26.3 Å². The van der Waals surface area contributed by atoms with Crippen LogP contribution < -0.4 is 15.4 Å². The van der Waals surface area contributed by atoms with Crippen molar-refractivity contribution in [3.8, 4) is 5.75 Å². The van der Waals surface area contributed by atoms with Gasteiger partial charge in [-0.15, -0.1) is 0 Å². The van der Waals surface area contributed by atoms with Crippen molar-refractivity contribution >= 4 is 5.91 Å². The SMILES string of the molecule is Cc1cccc(C)c1OCC(C)NC(=O)C1CNCCO1. The van der Waals surface area contributed by atoms with Crippen molar-refractivity contribution in [1.29, 1.82) is 0 Å². The van der Waals surface area contributed by atoms with Crippen LogP contribution in [0, 0.1) is 13.8 Å². The molecular weight excluding hydrogens is 268 g/mol. The van der Waals surface area contributed by atoms with Gasteiger partial charge in [-0.2, -0.15) is 0 Å². The molecule has 1 fully saturated rings. The van der Waals surface area contributed by atoms with Crippen molar-refractivity contribution in [2.45, 2.75) is 32.9 Å². The average molecular weight is 292 g/mol. The minimum Gasteiger partial charge on any atom is -0.491 e. The Balaban J connectivity index is 1.81. The van der Waals surface area contributed by atoms with Gasteiger partial charge in [0.15, 0.2) is 0 Å². The molecule has 1 aliphatic rings. The van der Waals surface area contributed by atoms with Crippen LogP contribution in [0.3, 0.4) is 0 Å². The number of carbonyl (C=O) groups excluding carboxylic acids is 1. The molecule has 1 aromatic carbocycles. The molecule has 0 radical (unpaired) electrons. The fourth-order valence-corrected chi connectivity index (χ4v) is 2.35. The van der Waals surface area contributed by atoms with E-state index in [1.807, 2.05) is 39.0 Å². The Labute approximate surface area is 126 Å². The number of benzene rings is 1. The Hall–Kier alpha value is -1.59. The van der Waals surface area contributed by atoms with Gasteiger partial charge in [-0.05, 0) is 31.9 Å². The van der Waals surface area contributed by atoms with E-state index in [9.17, 15) is 4.79 Å². The molecule has 2 N–H and O–H groups in total. The first-order valence-corrected chi connectivity index (χ1v) is 7.39. The summed E-state index contributed by atoms with van der Waals surface area (Å²) in [5, 5.41) is 6.07. The van der Waals surface area contributed by atoms with Crippen LogP contribution >= 0.6 is 0 Å². The minimum atomic E-state index is -0.401. The van der Waals surface area contributed by atoms with E-state index in [0.29, 0.717) is 19.8 Å². The largest absolute Gasteiger partial charge is 0.491 e. The zero-order valence-electron chi connectivity index (χ0n) is 12.9. The minimum absolute atomic E-state index is 0.0676. The predicted octanol–water partition coefficient (Wildman–Crippen LogP) is 1.18. The molecule has 0 bridgehead atoms. The fraction of sp³-hybridized carbons (Fsp3) is 0.562. The fourth-order valence-electron chi connectivity index (χ4n) is 2.35. The van der Waals surface area contributed by atoms with Crippen molar-refractivity contribution < 1.29 is 14.3 Å². The topological polar surface area (TPSA) is 59.6 Å². The standard InChI is InChI=1S/C16H24N2O3/c1-11-5-4-6-12(2)15(11)21-10-13(3)18-16(19)14-9-17-7-8-20-14/h4-6,13-14,17H,7-10H2,1-3H3,(H,18,19). The molecule has 1 saturated heterocycles. The van der Waals surface area contributed by atoms with Gasteiger partial charge >= 0.3 is 0 Å². The van der Waals surface area contributed by atoms with Gasteiger partial charge in [0, 0.05) is 13.1 Å². The maximum atomic E-state index is 12.0. The molecule has 0 aliphatic carbocycles. The lowest BCUT2D eigenvalue weighted by Crippen LogP contribution is -2.50. The maximum Gasteiger partial charge on any atom is 0.250 e. The average Bonchev–Trinajstić information content (AvgIpc) is 2.47. The summed E-state index contributed by atoms with van der Waals surface area (Å²) in [6, 6.07) is 5.98. The van der Waals surface area contributed by atoms with E-state index in [1.165, 1.54) is 0 Å². The Kier molecular flexibility index (Phi) is 5.59. The number of ether oxygens (including phenoxy) is 2. The summed E-state index contributed by atoms with van der Waals surface area (Å²) in [4.78, 5) is 12.0. The molecule has 5 nitrogen and oxygen atoms in total. The lowest BCUT2D eigenvalue weighted by molar-refractivity contribution is -0.135. The molecule has 5 heteroatoms. The van der Waals surface area contributed by atoms with E-state index in [2.05, 4.69) is 10.6 Å². The Morgan fingerprint density at radius 2 is 2.19 bits per heavy atom. The Bertz CT molecular complexity index is 464. The smallest absolute Gasteiger partial charge is 0.250 e. The van der Waals surface area contributed by atoms with Crippen LogP contribution in [-0.4, -0.2) is 44.4 Å². The van der Waals surface area contributed by atoms with Crippen LogP contribution in [0.4, 0.5) is 0 Å². The third-order valence-electron chi connectivity index (χ3n) is 3.50. The number of hydrogen-bond acceptors (Lipinski definition) is 4. The van der Waals surface area contributed by atoms with Gasteiger partial charge in [-0.25, -0.2) is 0 Å². The lowest BCUT2D eigenvalue weighted by atomic mass is 10.1. The van der Waals surface area contributed by atoms with E-state index in [-0.39, 0.29) is 11.9 Å². The van der Waals surface area contributed by atoms with Crippen molar-refractivity contribution in [3.05, 3.63) is 29.3 Å². The normalized spacial score (nSPS) is 19.9. The lowest BCUT2D eigenvalue weighted by Gasteiger charge is -2.24. The number of para-hydroxylation sites is 1. The Morgan fingerprint density at radius 1 is 1.48 bits per heavy atom. The first-order valence-electron chi connectivity index (χ1n) is 7.39. The summed E-state index contributed by atoms with van der Waals surface area (Å²) in [6.07, 6.45) is -0.401. The van der Waals surface area contributed by atoms with Gasteiger partial charge < -0.3 is 20.1 Å². The third-order valence-corrected chi connectivity index (χ3v) is 3.50. The Morgan fingerprint density at radius 3 is 2.81 bits per heavy atom. The molecule has 116 valence electrons. The molecule has 0 spiro atoms. The first-order chi connectivity index (χ1) is 10.1. The molecule has 2 unspecified atom stereocenters. The van der Waals surface area contributed by atoms with E-state index in [0.717, 1.165) is 23.4 Å². The number of aryl methyl sites for hydroxylation is 2. The second kappa shape index (κ2) is 7.43. The van der Waals surface area contributed by atoms with Gasteiger partial charge in [0.25, 0.3) is 5.91 Å². The van der Waals surface area contributed by atoms with Crippen LogP contribution in [0.25, 0.3) is 0 Å². The van der Waals surface area contributed by atoms with Crippen LogP contribution in [0.15, 0.2) is 18.2 Å². The predicted molar refractivity (Wildman–Crippen MR) is 81.6 cm³/mol. The van der Waals surface area contributed by atoms with Gasteiger partial charge in [0.2, 0.25) is 0 Å². The van der Waals surface area contributed by atoms with Crippen LogP contribution in [0.5, 0.6) is 5.75 Å². The molecule has 1 heterocycles. The summed E-state index contributed by atoms with van der Waals surface area (Å²) in [6.45, 7) is 8.36. The van der Waals surface area contributed by atoms with E-state index in [1.54, 1.807) is 0 Å². The van der Waals surface area contributed by atoms with Gasteiger partial charge in [-0.1, -0.05) is 18.2 Å². The number of amides is 1. The summed E-state index contributed by atoms with van der Waals surface area (Å²) >= 11 is 0. The molecule has 0 aromatic heterocycles. The highest BCUT2D eigenvalue weighted by Gasteiger charge is 2.23. The molecule has 0 saturated carbocycles. The van der Waals surface area contributed by atoms with Gasteiger partial charge in [0.05, 0.1) is 12.6 Å². The summed E-state index contributed by atoms with van der Waals surface area (Å²) in [5.41, 5.74) is 2.21. The highest BCUT2D eigenvalue weighted by Crippen LogP contribution is 2.22. The summed E-state index contributed by atoms with van der Waals surface area (Å²) in [5.74, 6) is 0.814. The summed E-state index contributed by atoms with van der Waals surface area (Å²) < 4.78 is 11.3. The molecule has 2 rings (SSSR count). The van der Waals surface area contributed by atoms with Gasteiger partial charge in [-0.3, -0.25) is 4.79 Å². The highest BCUT2D eigenvalue weighted by atomic mass is 16.5. The zero-order valence-corrected chi connectivity index (χ0v) is 12.9. The van der Waals surface area contributed by atoms with Crippen LogP contribution in [0.2, 0.25) is 0 Å². The summed E-state index contributed by atoms with van der Waals surface area (Å²) in [7, 11) is 0. The first kappa shape index (κ1) is 15.8. The third kappa shape index (κ3) is 4.44. The van der Waals surface area contributed by atoms with E-state index < -0.39 is 6.10 Å². The second-order valence-electron chi connectivity index (χ2n) is 5.51. The molecule has 1 amide bonds. The quantitative estimate of drug-likeness (QED) is 0.855.